The number of aliphatic hydroxyl groups is 1. The van der Waals surface area contributed by atoms with Crippen molar-refractivity contribution in [3.8, 4) is 5.75 Å². The minimum atomic E-state index is -4.75. The number of allylic oxidation sites excluding steroid dienone is 2. The number of alkyl halides is 3. The number of benzene rings is 2. The number of fused-ring (bicyclic) bond motifs is 4. The second-order valence-electron chi connectivity index (χ2n) is 13.9. The number of carbonyl (C=O) groups excluding carboxylic acids is 4. The first-order valence-electron chi connectivity index (χ1n) is 17.4. The molecule has 6 unspecified atom stereocenters. The van der Waals surface area contributed by atoms with Crippen LogP contribution >= 0.6 is 34.5 Å². The predicted molar refractivity (Wildman–Crippen MR) is 196 cm³/mol. The number of imide groups is 2. The first-order valence-corrected chi connectivity index (χ1v) is 19.0. The van der Waals surface area contributed by atoms with Crippen molar-refractivity contribution in [1.29, 1.82) is 0 Å². The summed E-state index contributed by atoms with van der Waals surface area (Å²) in [5, 5.41) is 12.2. The van der Waals surface area contributed by atoms with Crippen LogP contribution in [0.2, 0.25) is 10.0 Å². The highest BCUT2D eigenvalue weighted by molar-refractivity contribution is 7.09. The van der Waals surface area contributed by atoms with Crippen molar-refractivity contribution in [2.45, 2.75) is 36.9 Å². The summed E-state index contributed by atoms with van der Waals surface area (Å²) < 4.78 is 46.5. The van der Waals surface area contributed by atoms with E-state index in [4.69, 9.17) is 27.9 Å². The maximum atomic E-state index is 15.4. The second kappa shape index (κ2) is 14.1. The number of rotatable bonds is 9. The SMILES string of the molecule is O=C1C2CC=C3C(CC4C(=O)N(Nc5ncc(C(F)(F)F)cc5Cl)C(=O)C4(c4ccc(Cl)cc4)C3c3ccccc3OCCO)C2C(=O)N1Cc1cccs1. The summed E-state index contributed by atoms with van der Waals surface area (Å²) in [7, 11) is 0. The summed E-state index contributed by atoms with van der Waals surface area (Å²) in [6.45, 7) is -0.289. The number of para-hydroxylation sites is 1. The third-order valence-electron chi connectivity index (χ3n) is 11.1. The van der Waals surface area contributed by atoms with Gasteiger partial charge in [-0.25, -0.2) is 4.98 Å². The average Bonchev–Trinajstić information content (AvgIpc) is 3.83. The molecule has 4 aliphatic rings. The van der Waals surface area contributed by atoms with Crippen LogP contribution in [0.15, 0.2) is 90.0 Å². The highest BCUT2D eigenvalue weighted by Gasteiger charge is 2.70. The van der Waals surface area contributed by atoms with Crippen LogP contribution in [-0.2, 0) is 37.3 Å². The van der Waals surface area contributed by atoms with E-state index in [1.54, 1.807) is 48.5 Å². The number of hydrogen-bond donors (Lipinski definition) is 2. The molecule has 2 saturated heterocycles. The summed E-state index contributed by atoms with van der Waals surface area (Å²) >= 11 is 14.0. The molecule has 284 valence electrons. The molecule has 10 nitrogen and oxygen atoms in total. The van der Waals surface area contributed by atoms with E-state index >= 15 is 4.79 Å². The van der Waals surface area contributed by atoms with Gasteiger partial charge < -0.3 is 9.84 Å². The number of hydrazine groups is 1. The van der Waals surface area contributed by atoms with E-state index < -0.39 is 63.6 Å². The molecular weight excluding hydrogens is 780 g/mol. The van der Waals surface area contributed by atoms with Gasteiger partial charge in [0, 0.05) is 27.6 Å². The summed E-state index contributed by atoms with van der Waals surface area (Å²) in [5.41, 5.74) is 1.34. The molecule has 4 heterocycles. The fourth-order valence-corrected chi connectivity index (χ4v) is 9.94. The van der Waals surface area contributed by atoms with Gasteiger partial charge in [-0.1, -0.05) is 71.2 Å². The van der Waals surface area contributed by atoms with Crippen molar-refractivity contribution in [2.24, 2.45) is 23.7 Å². The maximum Gasteiger partial charge on any atom is 0.417 e. The molecule has 2 aliphatic carbocycles. The molecule has 2 N–H and O–H groups in total. The number of amides is 4. The number of anilines is 1. The van der Waals surface area contributed by atoms with E-state index in [1.165, 1.54) is 16.2 Å². The Balaban J connectivity index is 1.31. The highest BCUT2D eigenvalue weighted by Crippen LogP contribution is 2.65. The zero-order valence-corrected chi connectivity index (χ0v) is 31.0. The van der Waals surface area contributed by atoms with E-state index in [0.29, 0.717) is 39.7 Å². The van der Waals surface area contributed by atoms with E-state index in [2.05, 4.69) is 10.4 Å². The number of carbonyl (C=O) groups is 4. The third kappa shape index (κ3) is 6.01. The fourth-order valence-electron chi connectivity index (χ4n) is 8.91. The summed E-state index contributed by atoms with van der Waals surface area (Å²) in [6.07, 6.45) is -2.12. The van der Waals surface area contributed by atoms with Crippen molar-refractivity contribution in [3.63, 3.8) is 0 Å². The molecule has 3 fully saturated rings. The van der Waals surface area contributed by atoms with Gasteiger partial charge in [0.15, 0.2) is 5.82 Å². The Morgan fingerprint density at radius 3 is 2.44 bits per heavy atom. The van der Waals surface area contributed by atoms with Gasteiger partial charge in [-0.15, -0.1) is 11.3 Å². The Morgan fingerprint density at radius 2 is 1.75 bits per heavy atom. The highest BCUT2D eigenvalue weighted by atomic mass is 35.5. The Bertz CT molecular complexity index is 2240. The van der Waals surface area contributed by atoms with Gasteiger partial charge in [-0.05, 0) is 60.0 Å². The van der Waals surface area contributed by atoms with Crippen molar-refractivity contribution < 1.29 is 42.2 Å². The van der Waals surface area contributed by atoms with Gasteiger partial charge in [-0.2, -0.15) is 18.2 Å². The van der Waals surface area contributed by atoms with Gasteiger partial charge in [0.25, 0.3) is 11.8 Å². The molecule has 0 radical (unpaired) electrons. The number of hydrogen-bond acceptors (Lipinski definition) is 9. The van der Waals surface area contributed by atoms with E-state index in [1.807, 2.05) is 23.6 Å². The summed E-state index contributed by atoms with van der Waals surface area (Å²) in [4.78, 5) is 64.5. The zero-order chi connectivity index (χ0) is 38.8. The largest absolute Gasteiger partial charge is 0.491 e. The van der Waals surface area contributed by atoms with Crippen LogP contribution in [-0.4, -0.2) is 56.8 Å². The number of halogens is 5. The Kier molecular flexibility index (Phi) is 9.51. The first kappa shape index (κ1) is 37.2. The lowest BCUT2D eigenvalue weighted by molar-refractivity contribution is -0.142. The Hall–Kier alpha value is -4.76. The molecule has 2 aliphatic heterocycles. The lowest BCUT2D eigenvalue weighted by Crippen LogP contribution is -2.53. The molecule has 16 heteroatoms. The van der Waals surface area contributed by atoms with Gasteiger partial charge >= 0.3 is 6.18 Å². The van der Waals surface area contributed by atoms with Gasteiger partial charge in [0.1, 0.15) is 12.4 Å². The van der Waals surface area contributed by atoms with Gasteiger partial charge in [0.05, 0.1) is 46.9 Å². The molecule has 4 amide bonds. The monoisotopic (exact) mass is 810 g/mol. The number of nitrogens with one attached hydrogen (secondary N) is 1. The fraction of sp³-hybridized carbons (Fsp3) is 0.308. The minimum Gasteiger partial charge on any atom is -0.491 e. The zero-order valence-electron chi connectivity index (χ0n) is 28.6. The molecule has 2 aromatic heterocycles. The number of ether oxygens (including phenoxy) is 1. The molecular formula is C39H31Cl2F3N4O6S. The van der Waals surface area contributed by atoms with Crippen LogP contribution in [0.25, 0.3) is 0 Å². The topological polar surface area (TPSA) is 129 Å². The number of nitrogens with zero attached hydrogens (tertiary/aromatic N) is 3. The van der Waals surface area contributed by atoms with Crippen LogP contribution in [0.5, 0.6) is 5.75 Å². The van der Waals surface area contributed by atoms with E-state index in [9.17, 15) is 32.7 Å². The predicted octanol–water partition coefficient (Wildman–Crippen LogP) is 7.02. The van der Waals surface area contributed by atoms with Crippen molar-refractivity contribution in [2.75, 3.05) is 18.6 Å². The molecule has 6 atom stereocenters. The smallest absolute Gasteiger partial charge is 0.417 e. The van der Waals surface area contributed by atoms with Gasteiger partial charge in [-0.3, -0.25) is 29.5 Å². The van der Waals surface area contributed by atoms with Crippen molar-refractivity contribution >= 4 is 64.0 Å². The summed E-state index contributed by atoms with van der Waals surface area (Å²) in [5.74, 6) is -6.53. The lowest BCUT2D eigenvalue weighted by Gasteiger charge is -2.50. The normalized spacial score (nSPS) is 26.1. The lowest BCUT2D eigenvalue weighted by atomic mass is 9.49. The summed E-state index contributed by atoms with van der Waals surface area (Å²) in [6, 6.07) is 17.7. The molecule has 0 spiro atoms. The molecule has 8 rings (SSSR count). The third-order valence-corrected chi connectivity index (χ3v) is 12.5. The van der Waals surface area contributed by atoms with Crippen molar-refractivity contribution in [3.05, 3.63) is 122 Å². The molecule has 2 aromatic carbocycles. The minimum absolute atomic E-state index is 0.0193. The van der Waals surface area contributed by atoms with E-state index in [-0.39, 0.29) is 50.2 Å². The van der Waals surface area contributed by atoms with Crippen molar-refractivity contribution in [1.82, 2.24) is 14.9 Å². The maximum absolute atomic E-state index is 15.4. The average molecular weight is 812 g/mol. The first-order chi connectivity index (χ1) is 26.4. The standard InChI is InChI=1S/C39H31Cl2F3N4O6S/c40-22-9-7-20(8-10-22)38-28(35(51)48(37(38)53)46-33-29(41)16-21(18-45-33)39(42,43)44)17-27-24(32(38)25-5-1-2-6-30(25)54-14-13-49)11-12-26-31(27)36(52)47(34(26)50)19-23-4-3-15-55-23/h1-11,15-16,18,26-28,31-32,49H,12-14,17,19H2,(H,45,46). The van der Waals surface area contributed by atoms with Crippen LogP contribution in [0.3, 0.4) is 0 Å². The molecule has 55 heavy (non-hydrogen) atoms. The molecule has 1 saturated carbocycles. The number of aliphatic hydroxyl groups excluding tert-OH is 1. The number of thiophene rings is 1. The Morgan fingerprint density at radius 1 is 0.982 bits per heavy atom. The van der Waals surface area contributed by atoms with Crippen LogP contribution in [0.4, 0.5) is 19.0 Å². The number of aromatic nitrogens is 1. The van der Waals surface area contributed by atoms with Crippen LogP contribution < -0.4 is 10.2 Å². The number of likely N-dealkylation sites (tertiary alicyclic amines) is 1. The second-order valence-corrected chi connectivity index (χ2v) is 15.7. The van der Waals surface area contributed by atoms with Crippen LogP contribution in [0, 0.1) is 23.7 Å². The number of pyridine rings is 1. The molecule has 0 bridgehead atoms. The van der Waals surface area contributed by atoms with Crippen LogP contribution in [0.1, 0.15) is 40.3 Å². The van der Waals surface area contributed by atoms with E-state index in [0.717, 1.165) is 9.89 Å². The molecule has 4 aromatic rings. The van der Waals surface area contributed by atoms with Gasteiger partial charge in [0.2, 0.25) is 11.8 Å². The quantitative estimate of drug-likeness (QED) is 0.136. The Labute approximate surface area is 326 Å².